The molecule has 1 aliphatic rings. The zero-order valence-corrected chi connectivity index (χ0v) is 11.9. The van der Waals surface area contributed by atoms with Crippen molar-refractivity contribution in [3.05, 3.63) is 12.2 Å². The summed E-state index contributed by atoms with van der Waals surface area (Å²) in [6.45, 7) is 8.04. The number of carbonyl (C=O) groups excluding carboxylic acids is 1. The molecule has 0 aromatic carbocycles. The number of carboxylic acid groups (broad SMARTS) is 1. The lowest BCUT2D eigenvalue weighted by atomic mass is 10.0. The minimum atomic E-state index is -0.882. The Balaban J connectivity index is 2.73. The molecule has 1 aliphatic heterocycles. The molecule has 5 nitrogen and oxygen atoms in total. The largest absolute Gasteiger partial charge is 0.481 e. The predicted octanol–water partition coefficient (Wildman–Crippen LogP) is 1.68. The van der Waals surface area contributed by atoms with Crippen LogP contribution in [0.2, 0.25) is 0 Å². The van der Waals surface area contributed by atoms with E-state index in [1.807, 2.05) is 13.8 Å². The van der Waals surface area contributed by atoms with Gasteiger partial charge in [-0.05, 0) is 19.8 Å². The molecule has 0 aromatic heterocycles. The Morgan fingerprint density at radius 1 is 1.53 bits per heavy atom. The summed E-state index contributed by atoms with van der Waals surface area (Å²) < 4.78 is 5.26. The van der Waals surface area contributed by atoms with Crippen LogP contribution in [-0.2, 0) is 14.3 Å². The van der Waals surface area contributed by atoms with E-state index in [0.29, 0.717) is 19.4 Å². The first-order valence-electron chi connectivity index (χ1n) is 6.54. The Morgan fingerprint density at radius 3 is 2.63 bits per heavy atom. The van der Waals surface area contributed by atoms with Crippen molar-refractivity contribution in [2.75, 3.05) is 13.7 Å². The SMILES string of the molecule is C=C(C)C[C@H](C)C(=O)N1C[C@@H](OC)C[C@@H]1CC(=O)O. The van der Waals surface area contributed by atoms with Crippen molar-refractivity contribution in [3.8, 4) is 0 Å². The second-order valence-electron chi connectivity index (χ2n) is 5.40. The third-order valence-electron chi connectivity index (χ3n) is 3.48. The van der Waals surface area contributed by atoms with Crippen LogP contribution in [0.1, 0.15) is 33.1 Å². The lowest BCUT2D eigenvalue weighted by Crippen LogP contribution is -2.40. The summed E-state index contributed by atoms with van der Waals surface area (Å²) >= 11 is 0. The first kappa shape index (κ1) is 15.7. The Labute approximate surface area is 114 Å². The Hall–Kier alpha value is -1.36. The fourth-order valence-electron chi connectivity index (χ4n) is 2.60. The topological polar surface area (TPSA) is 66.8 Å². The second kappa shape index (κ2) is 6.70. The van der Waals surface area contributed by atoms with E-state index in [2.05, 4.69) is 6.58 Å². The van der Waals surface area contributed by atoms with E-state index in [4.69, 9.17) is 9.84 Å². The number of amides is 1. The number of carboxylic acids is 1. The molecule has 19 heavy (non-hydrogen) atoms. The van der Waals surface area contributed by atoms with Crippen LogP contribution in [0, 0.1) is 5.92 Å². The van der Waals surface area contributed by atoms with Gasteiger partial charge < -0.3 is 14.7 Å². The van der Waals surface area contributed by atoms with Crippen molar-refractivity contribution in [1.82, 2.24) is 4.90 Å². The second-order valence-corrected chi connectivity index (χ2v) is 5.40. The molecule has 1 amide bonds. The number of ether oxygens (including phenoxy) is 1. The van der Waals surface area contributed by atoms with Gasteiger partial charge in [0, 0.05) is 25.6 Å². The first-order valence-corrected chi connectivity index (χ1v) is 6.54. The summed E-state index contributed by atoms with van der Waals surface area (Å²) in [5, 5.41) is 8.92. The summed E-state index contributed by atoms with van der Waals surface area (Å²) in [5.74, 6) is -1.05. The van der Waals surface area contributed by atoms with Gasteiger partial charge >= 0.3 is 5.97 Å². The zero-order valence-electron chi connectivity index (χ0n) is 11.9. The maximum absolute atomic E-state index is 12.4. The van der Waals surface area contributed by atoms with Crippen LogP contribution in [0.5, 0.6) is 0 Å². The van der Waals surface area contributed by atoms with Crippen LogP contribution in [0.25, 0.3) is 0 Å². The number of rotatable bonds is 6. The number of nitrogens with zero attached hydrogens (tertiary/aromatic N) is 1. The molecule has 1 saturated heterocycles. The number of hydrogen-bond acceptors (Lipinski definition) is 3. The molecule has 1 heterocycles. The highest BCUT2D eigenvalue weighted by atomic mass is 16.5. The van der Waals surface area contributed by atoms with Gasteiger partial charge in [-0.2, -0.15) is 0 Å². The number of aliphatic carboxylic acids is 1. The lowest BCUT2D eigenvalue weighted by molar-refractivity contribution is -0.141. The van der Waals surface area contributed by atoms with E-state index in [-0.39, 0.29) is 30.4 Å². The molecular formula is C14H23NO4. The molecule has 0 saturated carbocycles. The van der Waals surface area contributed by atoms with Gasteiger partial charge in [0.2, 0.25) is 5.91 Å². The van der Waals surface area contributed by atoms with Gasteiger partial charge in [0.05, 0.1) is 12.5 Å². The Bertz CT molecular complexity index is 366. The van der Waals surface area contributed by atoms with Crippen LogP contribution in [-0.4, -0.2) is 47.7 Å². The van der Waals surface area contributed by atoms with E-state index in [0.717, 1.165) is 5.57 Å². The van der Waals surface area contributed by atoms with Gasteiger partial charge in [-0.25, -0.2) is 0 Å². The maximum Gasteiger partial charge on any atom is 0.305 e. The highest BCUT2D eigenvalue weighted by molar-refractivity contribution is 5.80. The normalized spacial score (nSPS) is 24.3. The average Bonchev–Trinajstić information content (AvgIpc) is 2.69. The fourth-order valence-corrected chi connectivity index (χ4v) is 2.60. The molecule has 3 atom stereocenters. The van der Waals surface area contributed by atoms with Gasteiger partial charge in [0.25, 0.3) is 0 Å². The molecule has 1 N–H and O–H groups in total. The molecule has 0 spiro atoms. The average molecular weight is 269 g/mol. The molecule has 0 bridgehead atoms. The molecular weight excluding hydrogens is 246 g/mol. The minimum absolute atomic E-state index is 0.00574. The molecule has 0 aromatic rings. The van der Waals surface area contributed by atoms with E-state index in [9.17, 15) is 9.59 Å². The smallest absolute Gasteiger partial charge is 0.305 e. The van der Waals surface area contributed by atoms with E-state index >= 15 is 0 Å². The van der Waals surface area contributed by atoms with Gasteiger partial charge in [-0.3, -0.25) is 9.59 Å². The first-order chi connectivity index (χ1) is 8.85. The van der Waals surface area contributed by atoms with Crippen molar-refractivity contribution >= 4 is 11.9 Å². The molecule has 1 rings (SSSR count). The molecule has 0 aliphatic carbocycles. The molecule has 108 valence electrons. The highest BCUT2D eigenvalue weighted by Gasteiger charge is 2.37. The van der Waals surface area contributed by atoms with Crippen LogP contribution in [0.15, 0.2) is 12.2 Å². The van der Waals surface area contributed by atoms with Crippen LogP contribution < -0.4 is 0 Å². The summed E-state index contributed by atoms with van der Waals surface area (Å²) in [5.41, 5.74) is 0.957. The molecule has 5 heteroatoms. The van der Waals surface area contributed by atoms with Crippen molar-refractivity contribution < 1.29 is 19.4 Å². The van der Waals surface area contributed by atoms with Crippen molar-refractivity contribution in [2.24, 2.45) is 5.92 Å². The fraction of sp³-hybridized carbons (Fsp3) is 0.714. The van der Waals surface area contributed by atoms with Crippen molar-refractivity contribution in [1.29, 1.82) is 0 Å². The van der Waals surface area contributed by atoms with E-state index in [1.54, 1.807) is 12.0 Å². The monoisotopic (exact) mass is 269 g/mol. The van der Waals surface area contributed by atoms with Crippen LogP contribution in [0.4, 0.5) is 0 Å². The number of likely N-dealkylation sites (tertiary alicyclic amines) is 1. The Kier molecular flexibility index (Phi) is 5.54. The molecule has 0 unspecified atom stereocenters. The number of carbonyl (C=O) groups is 2. The predicted molar refractivity (Wildman–Crippen MR) is 71.8 cm³/mol. The number of allylic oxidation sites excluding steroid dienone is 1. The van der Waals surface area contributed by atoms with E-state index in [1.165, 1.54) is 0 Å². The van der Waals surface area contributed by atoms with Crippen molar-refractivity contribution in [2.45, 2.75) is 45.3 Å². The quantitative estimate of drug-likeness (QED) is 0.745. The number of hydrogen-bond donors (Lipinski definition) is 1. The summed E-state index contributed by atoms with van der Waals surface area (Å²) in [7, 11) is 1.59. The molecule has 1 fully saturated rings. The lowest BCUT2D eigenvalue weighted by Gasteiger charge is -2.26. The van der Waals surface area contributed by atoms with Crippen molar-refractivity contribution in [3.63, 3.8) is 0 Å². The van der Waals surface area contributed by atoms with Gasteiger partial charge in [-0.15, -0.1) is 6.58 Å². The van der Waals surface area contributed by atoms with Crippen LogP contribution >= 0.6 is 0 Å². The molecule has 0 radical (unpaired) electrons. The third kappa shape index (κ3) is 4.35. The van der Waals surface area contributed by atoms with Crippen LogP contribution in [0.3, 0.4) is 0 Å². The van der Waals surface area contributed by atoms with Gasteiger partial charge in [0.15, 0.2) is 0 Å². The number of methoxy groups -OCH3 is 1. The highest BCUT2D eigenvalue weighted by Crippen LogP contribution is 2.26. The van der Waals surface area contributed by atoms with Gasteiger partial charge in [-0.1, -0.05) is 12.5 Å². The van der Waals surface area contributed by atoms with E-state index < -0.39 is 5.97 Å². The minimum Gasteiger partial charge on any atom is -0.481 e. The van der Waals surface area contributed by atoms with Gasteiger partial charge in [0.1, 0.15) is 0 Å². The zero-order chi connectivity index (χ0) is 14.6. The maximum atomic E-state index is 12.4. The summed E-state index contributed by atoms with van der Waals surface area (Å²) in [6, 6.07) is -0.262. The summed E-state index contributed by atoms with van der Waals surface area (Å²) in [6.07, 6.45) is 1.14. The third-order valence-corrected chi connectivity index (χ3v) is 3.48. The standard InChI is InChI=1S/C14H23NO4/c1-9(2)5-10(3)14(18)15-8-12(19-4)6-11(15)7-13(16)17/h10-12H,1,5-8H2,2-4H3,(H,16,17)/t10-,11+,12-/m0/s1. The Morgan fingerprint density at radius 2 is 2.16 bits per heavy atom. The summed E-state index contributed by atoms with van der Waals surface area (Å²) in [4.78, 5) is 24.9.